The number of hydrogen-bond acceptors (Lipinski definition) is 2. The molecule has 1 heterocycles. The molecule has 0 saturated heterocycles. The summed E-state index contributed by atoms with van der Waals surface area (Å²) in [6.45, 7) is 0. The highest BCUT2D eigenvalue weighted by Crippen LogP contribution is 2.29. The summed E-state index contributed by atoms with van der Waals surface area (Å²) in [4.78, 5) is 2.82. The molecule has 0 aliphatic carbocycles. The van der Waals surface area contributed by atoms with E-state index in [2.05, 4.69) is 9.72 Å². The minimum atomic E-state index is -3.07. The van der Waals surface area contributed by atoms with E-state index in [1.54, 1.807) is 0 Å². The SMILES string of the molecule is COc1c(F)cc(F)nc1C(F)F. The van der Waals surface area contributed by atoms with Crippen molar-refractivity contribution in [2.75, 3.05) is 7.11 Å². The lowest BCUT2D eigenvalue weighted by atomic mass is 10.3. The van der Waals surface area contributed by atoms with Crippen LogP contribution in [-0.4, -0.2) is 12.1 Å². The first-order valence-corrected chi connectivity index (χ1v) is 3.24. The standard InChI is InChI=1S/C7H5F4NO/c1-13-6-3(8)2-4(9)12-5(6)7(10)11/h2,7H,1H3. The van der Waals surface area contributed by atoms with E-state index in [0.29, 0.717) is 6.07 Å². The highest BCUT2D eigenvalue weighted by Gasteiger charge is 2.20. The Morgan fingerprint density at radius 1 is 1.38 bits per heavy atom. The maximum Gasteiger partial charge on any atom is 0.284 e. The summed E-state index contributed by atoms with van der Waals surface area (Å²) in [7, 11) is 1.00. The molecule has 0 aliphatic rings. The van der Waals surface area contributed by atoms with Gasteiger partial charge >= 0.3 is 0 Å². The van der Waals surface area contributed by atoms with Crippen molar-refractivity contribution in [2.45, 2.75) is 6.43 Å². The van der Waals surface area contributed by atoms with Gasteiger partial charge in [-0.05, 0) is 0 Å². The van der Waals surface area contributed by atoms with Crippen LogP contribution in [0.15, 0.2) is 6.07 Å². The third-order valence-electron chi connectivity index (χ3n) is 1.33. The van der Waals surface area contributed by atoms with Crippen LogP contribution in [0, 0.1) is 11.8 Å². The van der Waals surface area contributed by atoms with E-state index < -0.39 is 29.6 Å². The fraction of sp³-hybridized carbons (Fsp3) is 0.286. The molecule has 1 aromatic heterocycles. The first-order valence-electron chi connectivity index (χ1n) is 3.24. The maximum absolute atomic E-state index is 12.7. The quantitative estimate of drug-likeness (QED) is 0.533. The lowest BCUT2D eigenvalue weighted by Crippen LogP contribution is -2.01. The van der Waals surface area contributed by atoms with Crippen molar-refractivity contribution < 1.29 is 22.3 Å². The number of ether oxygens (including phenoxy) is 1. The molecule has 2 nitrogen and oxygen atoms in total. The first kappa shape index (κ1) is 9.76. The molecule has 0 aliphatic heterocycles. The van der Waals surface area contributed by atoms with Gasteiger partial charge < -0.3 is 4.74 Å². The van der Waals surface area contributed by atoms with Gasteiger partial charge in [-0.15, -0.1) is 0 Å². The van der Waals surface area contributed by atoms with Crippen LogP contribution in [0.2, 0.25) is 0 Å². The minimum Gasteiger partial charge on any atom is -0.492 e. The Morgan fingerprint density at radius 2 is 2.00 bits per heavy atom. The molecule has 0 unspecified atom stereocenters. The second kappa shape index (κ2) is 3.59. The number of halogens is 4. The third-order valence-corrected chi connectivity index (χ3v) is 1.33. The first-order chi connectivity index (χ1) is 6.06. The second-order valence-corrected chi connectivity index (χ2v) is 2.15. The van der Waals surface area contributed by atoms with Gasteiger partial charge in [0, 0.05) is 6.07 Å². The van der Waals surface area contributed by atoms with Gasteiger partial charge in [0.1, 0.15) is 0 Å². The number of pyridine rings is 1. The fourth-order valence-corrected chi connectivity index (χ4v) is 0.841. The molecule has 72 valence electrons. The third kappa shape index (κ3) is 1.88. The van der Waals surface area contributed by atoms with Gasteiger partial charge in [-0.25, -0.2) is 18.2 Å². The summed E-state index contributed by atoms with van der Waals surface area (Å²) >= 11 is 0. The monoisotopic (exact) mass is 195 g/mol. The van der Waals surface area contributed by atoms with Crippen LogP contribution >= 0.6 is 0 Å². The van der Waals surface area contributed by atoms with Crippen LogP contribution < -0.4 is 4.74 Å². The van der Waals surface area contributed by atoms with Gasteiger partial charge in [0.15, 0.2) is 17.3 Å². The second-order valence-electron chi connectivity index (χ2n) is 2.15. The number of methoxy groups -OCH3 is 1. The molecule has 0 amide bonds. The molecule has 1 rings (SSSR count). The van der Waals surface area contributed by atoms with Crippen molar-refractivity contribution in [3.63, 3.8) is 0 Å². The molecule has 0 radical (unpaired) electrons. The molecule has 0 saturated carbocycles. The highest BCUT2D eigenvalue weighted by molar-refractivity contribution is 5.29. The summed E-state index contributed by atoms with van der Waals surface area (Å²) in [5, 5.41) is 0. The van der Waals surface area contributed by atoms with E-state index in [1.807, 2.05) is 0 Å². The zero-order valence-corrected chi connectivity index (χ0v) is 6.52. The van der Waals surface area contributed by atoms with Crippen molar-refractivity contribution >= 4 is 0 Å². The number of nitrogens with zero attached hydrogens (tertiary/aromatic N) is 1. The maximum atomic E-state index is 12.7. The van der Waals surface area contributed by atoms with Crippen molar-refractivity contribution in [2.24, 2.45) is 0 Å². The Balaban J connectivity index is 3.29. The molecule has 6 heteroatoms. The van der Waals surface area contributed by atoms with Crippen LogP contribution in [0.5, 0.6) is 5.75 Å². The van der Waals surface area contributed by atoms with E-state index in [-0.39, 0.29) is 0 Å². The van der Waals surface area contributed by atoms with E-state index in [9.17, 15) is 17.6 Å². The molecule has 0 bridgehead atoms. The average molecular weight is 195 g/mol. The zero-order valence-electron chi connectivity index (χ0n) is 6.52. The Labute approximate surface area is 71.2 Å². The van der Waals surface area contributed by atoms with Gasteiger partial charge in [-0.3, -0.25) is 0 Å². The summed E-state index contributed by atoms with van der Waals surface area (Å²) in [6, 6.07) is 0.380. The van der Waals surface area contributed by atoms with E-state index in [4.69, 9.17) is 0 Å². The van der Waals surface area contributed by atoms with Gasteiger partial charge in [-0.2, -0.15) is 4.39 Å². The van der Waals surface area contributed by atoms with Crippen molar-refractivity contribution in [1.29, 1.82) is 0 Å². The van der Waals surface area contributed by atoms with Crippen LogP contribution in [0.3, 0.4) is 0 Å². The van der Waals surface area contributed by atoms with Gasteiger partial charge in [0.2, 0.25) is 5.95 Å². The Kier molecular flexibility index (Phi) is 2.69. The van der Waals surface area contributed by atoms with Gasteiger partial charge in [0.25, 0.3) is 6.43 Å². The number of rotatable bonds is 2. The molecular weight excluding hydrogens is 190 g/mol. The van der Waals surface area contributed by atoms with Gasteiger partial charge in [0.05, 0.1) is 7.11 Å². The average Bonchev–Trinajstić information content (AvgIpc) is 2.02. The molecule has 1 aromatic rings. The van der Waals surface area contributed by atoms with Crippen molar-refractivity contribution in [3.05, 3.63) is 23.5 Å². The fourth-order valence-electron chi connectivity index (χ4n) is 0.841. The zero-order chi connectivity index (χ0) is 10.0. The topological polar surface area (TPSA) is 22.1 Å². The smallest absolute Gasteiger partial charge is 0.284 e. The predicted molar refractivity (Wildman–Crippen MR) is 35.7 cm³/mol. The Hall–Kier alpha value is -1.33. The van der Waals surface area contributed by atoms with Crippen molar-refractivity contribution in [3.8, 4) is 5.75 Å². The van der Waals surface area contributed by atoms with Crippen LogP contribution in [0.4, 0.5) is 17.6 Å². The molecule has 0 spiro atoms. The molecule has 0 atom stereocenters. The highest BCUT2D eigenvalue weighted by atomic mass is 19.3. The number of aromatic nitrogens is 1. The Bertz CT molecular complexity index is 316. The minimum absolute atomic E-state index is 0.380. The molecule has 0 fully saturated rings. The predicted octanol–water partition coefficient (Wildman–Crippen LogP) is 2.31. The lowest BCUT2D eigenvalue weighted by Gasteiger charge is -2.06. The largest absolute Gasteiger partial charge is 0.492 e. The van der Waals surface area contributed by atoms with Crippen molar-refractivity contribution in [1.82, 2.24) is 4.98 Å². The number of alkyl halides is 2. The molecule has 0 aromatic carbocycles. The molecular formula is C7H5F4NO. The number of hydrogen-bond donors (Lipinski definition) is 0. The molecule has 13 heavy (non-hydrogen) atoms. The van der Waals surface area contributed by atoms with E-state index in [0.717, 1.165) is 7.11 Å². The summed E-state index contributed by atoms with van der Waals surface area (Å²) < 4.78 is 53.6. The molecule has 0 N–H and O–H groups in total. The van der Waals surface area contributed by atoms with Crippen LogP contribution in [-0.2, 0) is 0 Å². The normalized spacial score (nSPS) is 10.6. The summed E-state index contributed by atoms with van der Waals surface area (Å²) in [5.74, 6) is -3.21. The summed E-state index contributed by atoms with van der Waals surface area (Å²) in [6.07, 6.45) is -3.07. The van der Waals surface area contributed by atoms with E-state index >= 15 is 0 Å². The Morgan fingerprint density at radius 3 is 2.46 bits per heavy atom. The van der Waals surface area contributed by atoms with Crippen LogP contribution in [0.1, 0.15) is 12.1 Å². The summed E-state index contributed by atoms with van der Waals surface area (Å²) in [5.41, 5.74) is -1.03. The van der Waals surface area contributed by atoms with E-state index in [1.165, 1.54) is 0 Å². The van der Waals surface area contributed by atoms with Gasteiger partial charge in [-0.1, -0.05) is 0 Å². The van der Waals surface area contributed by atoms with Crippen LogP contribution in [0.25, 0.3) is 0 Å². The lowest BCUT2D eigenvalue weighted by molar-refractivity contribution is 0.138.